The molecule has 1 aromatic rings. The monoisotopic (exact) mass is 299 g/mol. The molecule has 1 aliphatic rings. The number of nitrogens with one attached hydrogen (secondary N) is 1. The maximum absolute atomic E-state index is 10.9. The lowest BCUT2D eigenvalue weighted by atomic mass is 10.0. The van der Waals surface area contributed by atoms with Gasteiger partial charge in [-0.2, -0.15) is 8.42 Å². The number of rotatable bonds is 1. The van der Waals surface area contributed by atoms with Gasteiger partial charge >= 0.3 is 0 Å². The van der Waals surface area contributed by atoms with Crippen LogP contribution in [0.1, 0.15) is 36.5 Å². The summed E-state index contributed by atoms with van der Waals surface area (Å²) in [4.78, 5) is 0.0260. The van der Waals surface area contributed by atoms with Gasteiger partial charge in [-0.25, -0.2) is 0 Å². The summed E-state index contributed by atoms with van der Waals surface area (Å²) in [5, 5.41) is 3.32. The normalized spacial score (nSPS) is 16.4. The molecule has 20 heavy (non-hydrogen) atoms. The molecule has 4 nitrogen and oxygen atoms in total. The molecule has 1 aliphatic heterocycles. The fourth-order valence-electron chi connectivity index (χ4n) is 2.54. The number of aryl methyl sites for hydroxylation is 3. The van der Waals surface area contributed by atoms with E-state index in [0.717, 1.165) is 11.5 Å². The van der Waals surface area contributed by atoms with E-state index in [1.165, 1.54) is 25.9 Å². The van der Waals surface area contributed by atoms with E-state index in [1.807, 2.05) is 6.92 Å². The molecule has 2 N–H and O–H groups in total. The highest BCUT2D eigenvalue weighted by Crippen LogP contribution is 2.20. The largest absolute Gasteiger partial charge is 0.317 e. The van der Waals surface area contributed by atoms with E-state index in [-0.39, 0.29) is 4.90 Å². The molecule has 0 unspecified atom stereocenters. The summed E-state index contributed by atoms with van der Waals surface area (Å²) in [5.41, 5.74) is 2.16. The Hall–Kier alpha value is -0.910. The van der Waals surface area contributed by atoms with Crippen LogP contribution in [-0.4, -0.2) is 26.1 Å². The molecule has 114 valence electrons. The van der Waals surface area contributed by atoms with Crippen molar-refractivity contribution in [2.24, 2.45) is 5.92 Å². The SMILES string of the molecule is CC1CCNCC1.Cc1cc(C)c(S(=O)(=O)O)c(C)c1. The molecule has 0 aromatic heterocycles. The van der Waals surface area contributed by atoms with Crippen LogP contribution in [0.15, 0.2) is 17.0 Å². The number of hydrogen-bond acceptors (Lipinski definition) is 3. The van der Waals surface area contributed by atoms with E-state index < -0.39 is 10.1 Å². The zero-order chi connectivity index (χ0) is 15.3. The molecule has 2 rings (SSSR count). The second kappa shape index (κ2) is 7.20. The minimum Gasteiger partial charge on any atom is -0.317 e. The van der Waals surface area contributed by atoms with Gasteiger partial charge in [0.15, 0.2) is 0 Å². The van der Waals surface area contributed by atoms with Crippen LogP contribution < -0.4 is 5.32 Å². The molecule has 0 radical (unpaired) electrons. The highest BCUT2D eigenvalue weighted by atomic mass is 32.2. The predicted octanol–water partition coefficient (Wildman–Crippen LogP) is 2.86. The predicted molar refractivity (Wildman–Crippen MR) is 81.7 cm³/mol. The summed E-state index contributed by atoms with van der Waals surface area (Å²) in [6, 6.07) is 3.46. The lowest BCUT2D eigenvalue weighted by Gasteiger charge is -2.17. The first-order valence-corrected chi connectivity index (χ1v) is 8.42. The van der Waals surface area contributed by atoms with E-state index in [0.29, 0.717) is 11.1 Å². The maximum Gasteiger partial charge on any atom is 0.295 e. The van der Waals surface area contributed by atoms with Gasteiger partial charge in [0.2, 0.25) is 0 Å². The van der Waals surface area contributed by atoms with Crippen LogP contribution in [0.5, 0.6) is 0 Å². The molecule has 0 bridgehead atoms. The van der Waals surface area contributed by atoms with Gasteiger partial charge in [-0.15, -0.1) is 0 Å². The van der Waals surface area contributed by atoms with Crippen molar-refractivity contribution in [3.05, 3.63) is 28.8 Å². The second-order valence-electron chi connectivity index (χ2n) is 5.64. The Bertz CT molecular complexity index is 523. The van der Waals surface area contributed by atoms with Gasteiger partial charge in [-0.1, -0.05) is 24.6 Å². The highest BCUT2D eigenvalue weighted by Gasteiger charge is 2.15. The second-order valence-corrected chi connectivity index (χ2v) is 6.99. The van der Waals surface area contributed by atoms with Gasteiger partial charge in [0.25, 0.3) is 10.1 Å². The van der Waals surface area contributed by atoms with E-state index in [2.05, 4.69) is 12.2 Å². The van der Waals surface area contributed by atoms with Crippen LogP contribution in [0.4, 0.5) is 0 Å². The summed E-state index contributed by atoms with van der Waals surface area (Å²) in [6.07, 6.45) is 2.75. The average molecular weight is 299 g/mol. The first kappa shape index (κ1) is 17.1. The van der Waals surface area contributed by atoms with E-state index in [4.69, 9.17) is 4.55 Å². The van der Waals surface area contributed by atoms with E-state index in [1.54, 1.807) is 26.0 Å². The fourth-order valence-corrected chi connectivity index (χ4v) is 3.47. The third kappa shape index (κ3) is 5.23. The zero-order valence-electron chi connectivity index (χ0n) is 12.7. The Morgan fingerprint density at radius 1 is 1.10 bits per heavy atom. The number of piperidine rings is 1. The summed E-state index contributed by atoms with van der Waals surface area (Å²) >= 11 is 0. The summed E-state index contributed by atoms with van der Waals surface area (Å²) < 4.78 is 30.8. The van der Waals surface area contributed by atoms with Gasteiger partial charge in [-0.3, -0.25) is 4.55 Å². The zero-order valence-corrected chi connectivity index (χ0v) is 13.5. The molecule has 0 saturated carbocycles. The first-order valence-electron chi connectivity index (χ1n) is 6.98. The maximum atomic E-state index is 10.9. The Morgan fingerprint density at radius 2 is 1.55 bits per heavy atom. The van der Waals surface area contributed by atoms with E-state index >= 15 is 0 Å². The third-order valence-corrected chi connectivity index (χ3v) is 4.65. The van der Waals surface area contributed by atoms with Crippen LogP contribution in [0.25, 0.3) is 0 Å². The molecule has 1 saturated heterocycles. The Kier molecular flexibility index (Phi) is 6.17. The van der Waals surface area contributed by atoms with E-state index in [9.17, 15) is 8.42 Å². The lowest BCUT2D eigenvalue weighted by molar-refractivity contribution is 0.402. The lowest BCUT2D eigenvalue weighted by Crippen LogP contribution is -2.26. The molecular formula is C15H25NO3S. The Morgan fingerprint density at radius 3 is 1.85 bits per heavy atom. The van der Waals surface area contributed by atoms with Crippen molar-refractivity contribution in [2.45, 2.75) is 45.4 Å². The van der Waals surface area contributed by atoms with Crippen LogP contribution >= 0.6 is 0 Å². The van der Waals surface area contributed by atoms with Crippen molar-refractivity contribution < 1.29 is 13.0 Å². The molecule has 0 aliphatic carbocycles. The van der Waals surface area contributed by atoms with Gasteiger partial charge in [0, 0.05) is 0 Å². The van der Waals surface area contributed by atoms with Crippen LogP contribution in [0.3, 0.4) is 0 Å². The van der Waals surface area contributed by atoms with Crippen molar-refractivity contribution in [1.82, 2.24) is 5.32 Å². The quantitative estimate of drug-likeness (QED) is 0.783. The Balaban J connectivity index is 0.000000240. The van der Waals surface area contributed by atoms with Crippen molar-refractivity contribution in [3.8, 4) is 0 Å². The standard InChI is InChI=1S/C9H12O3S.C6H13N/c1-6-4-7(2)9(8(3)5-6)13(10,11)12;1-6-2-4-7-5-3-6/h4-5H,1-3H3,(H,10,11,12);6-7H,2-5H2,1H3. The fraction of sp³-hybridized carbons (Fsp3) is 0.600. The van der Waals surface area contributed by atoms with Crippen LogP contribution in [-0.2, 0) is 10.1 Å². The third-order valence-electron chi connectivity index (χ3n) is 3.49. The summed E-state index contributed by atoms with van der Waals surface area (Å²) in [5.74, 6) is 0.973. The summed E-state index contributed by atoms with van der Waals surface area (Å²) in [6.45, 7) is 10.0. The van der Waals surface area contributed by atoms with Crippen LogP contribution in [0, 0.1) is 26.7 Å². The first-order chi connectivity index (χ1) is 9.21. The van der Waals surface area contributed by atoms with Gasteiger partial charge in [0.1, 0.15) is 0 Å². The number of hydrogen-bond donors (Lipinski definition) is 2. The minimum absolute atomic E-state index is 0.0260. The van der Waals surface area contributed by atoms with Crippen LogP contribution in [0.2, 0.25) is 0 Å². The molecule has 0 spiro atoms. The van der Waals surface area contributed by atoms with Crippen molar-refractivity contribution in [3.63, 3.8) is 0 Å². The molecule has 1 heterocycles. The molecule has 0 atom stereocenters. The van der Waals surface area contributed by atoms with Crippen molar-refractivity contribution >= 4 is 10.1 Å². The molecule has 5 heteroatoms. The highest BCUT2D eigenvalue weighted by molar-refractivity contribution is 7.86. The van der Waals surface area contributed by atoms with Gasteiger partial charge in [0.05, 0.1) is 4.90 Å². The van der Waals surface area contributed by atoms with Crippen molar-refractivity contribution in [2.75, 3.05) is 13.1 Å². The Labute approximate surface area is 122 Å². The molecule has 1 fully saturated rings. The van der Waals surface area contributed by atoms with Crippen molar-refractivity contribution in [1.29, 1.82) is 0 Å². The molecular weight excluding hydrogens is 274 g/mol. The topological polar surface area (TPSA) is 66.4 Å². The molecule has 0 amide bonds. The summed E-state index contributed by atoms with van der Waals surface area (Å²) in [7, 11) is -4.08. The minimum atomic E-state index is -4.08. The van der Waals surface area contributed by atoms with Gasteiger partial charge in [-0.05, 0) is 63.7 Å². The average Bonchev–Trinajstić information content (AvgIpc) is 2.27. The molecule has 1 aromatic carbocycles. The smallest absolute Gasteiger partial charge is 0.295 e. The van der Waals surface area contributed by atoms with Gasteiger partial charge < -0.3 is 5.32 Å². The number of benzene rings is 1.